The smallest absolute Gasteiger partial charge is 0.107 e. The zero-order chi connectivity index (χ0) is 5.98. The fraction of sp³-hybridized carbons (Fsp3) is 0.667. The van der Waals surface area contributed by atoms with E-state index in [1.807, 2.05) is 0 Å². The van der Waals surface area contributed by atoms with Crippen LogP contribution < -0.4 is 0 Å². The summed E-state index contributed by atoms with van der Waals surface area (Å²) in [4.78, 5) is 0. The highest BCUT2D eigenvalue weighted by atomic mass is 35.5. The average Bonchev–Trinajstić information content (AvgIpc) is 1.77. The van der Waals surface area contributed by atoms with E-state index in [0.29, 0.717) is 10.8 Å². The molecule has 1 aliphatic carbocycles. The van der Waals surface area contributed by atoms with E-state index < -0.39 is 0 Å². The Labute approximate surface area is 54.0 Å². The van der Waals surface area contributed by atoms with Crippen LogP contribution in [0, 0.1) is 0 Å². The van der Waals surface area contributed by atoms with E-state index in [-0.39, 0.29) is 0 Å². The summed E-state index contributed by atoms with van der Waals surface area (Å²) in [7, 11) is 0. The van der Waals surface area contributed by atoms with Gasteiger partial charge in [-0.1, -0.05) is 11.6 Å². The minimum absolute atomic E-state index is 0.401. The van der Waals surface area contributed by atoms with Gasteiger partial charge in [0.15, 0.2) is 0 Å². The molecule has 0 aromatic carbocycles. The van der Waals surface area contributed by atoms with E-state index >= 15 is 0 Å². The van der Waals surface area contributed by atoms with Crippen LogP contribution in [0.25, 0.3) is 0 Å². The van der Waals surface area contributed by atoms with E-state index in [4.69, 9.17) is 16.7 Å². The van der Waals surface area contributed by atoms with Crippen molar-refractivity contribution in [1.82, 2.24) is 0 Å². The van der Waals surface area contributed by atoms with Crippen LogP contribution in [-0.2, 0) is 0 Å². The molecule has 8 heavy (non-hydrogen) atoms. The van der Waals surface area contributed by atoms with Gasteiger partial charge in [-0.3, -0.25) is 0 Å². The first-order valence-electron chi connectivity index (χ1n) is 2.87. The number of aliphatic hydroxyl groups is 1. The molecule has 0 amide bonds. The maximum Gasteiger partial charge on any atom is 0.107 e. The maximum absolute atomic E-state index is 8.93. The van der Waals surface area contributed by atoms with Gasteiger partial charge in [0.25, 0.3) is 0 Å². The molecule has 0 saturated heterocycles. The summed E-state index contributed by atoms with van der Waals surface area (Å²) in [6.07, 6.45) is 3.86. The Morgan fingerprint density at radius 2 is 1.88 bits per heavy atom. The van der Waals surface area contributed by atoms with Gasteiger partial charge in [0.1, 0.15) is 5.76 Å². The van der Waals surface area contributed by atoms with Gasteiger partial charge < -0.3 is 5.11 Å². The molecule has 1 N–H and O–H groups in total. The quantitative estimate of drug-likeness (QED) is 0.537. The highest BCUT2D eigenvalue weighted by Gasteiger charge is 2.07. The highest BCUT2D eigenvalue weighted by molar-refractivity contribution is 6.29. The van der Waals surface area contributed by atoms with Gasteiger partial charge in [-0.15, -0.1) is 0 Å². The number of halogens is 1. The fourth-order valence-corrected chi connectivity index (χ4v) is 1.08. The molecule has 0 saturated carbocycles. The lowest BCUT2D eigenvalue weighted by molar-refractivity contribution is 0.365. The van der Waals surface area contributed by atoms with Crippen LogP contribution in [0.4, 0.5) is 0 Å². The normalized spacial score (nSPS) is 21.6. The van der Waals surface area contributed by atoms with Gasteiger partial charge in [0, 0.05) is 6.42 Å². The Balaban J connectivity index is 2.60. The predicted molar refractivity (Wildman–Crippen MR) is 34.0 cm³/mol. The minimum atomic E-state index is 0.401. The topological polar surface area (TPSA) is 20.2 Å². The number of rotatable bonds is 0. The van der Waals surface area contributed by atoms with Crippen LogP contribution in [0.15, 0.2) is 10.8 Å². The second kappa shape index (κ2) is 2.40. The summed E-state index contributed by atoms with van der Waals surface area (Å²) < 4.78 is 0. The molecule has 0 atom stereocenters. The summed E-state index contributed by atoms with van der Waals surface area (Å²) in [6, 6.07) is 0. The summed E-state index contributed by atoms with van der Waals surface area (Å²) in [5, 5.41) is 9.59. The first kappa shape index (κ1) is 5.96. The first-order valence-corrected chi connectivity index (χ1v) is 3.25. The molecule has 2 heteroatoms. The lowest BCUT2D eigenvalue weighted by Crippen LogP contribution is -1.93. The molecule has 0 aromatic rings. The second-order valence-corrected chi connectivity index (χ2v) is 2.51. The van der Waals surface area contributed by atoms with Crippen LogP contribution in [0.5, 0.6) is 0 Å². The molecular formula is C6H9ClO. The molecule has 1 nitrogen and oxygen atoms in total. The third-order valence-corrected chi connectivity index (χ3v) is 1.78. The molecule has 46 valence electrons. The average molecular weight is 133 g/mol. The fourth-order valence-electron chi connectivity index (χ4n) is 0.853. The maximum atomic E-state index is 8.93. The van der Waals surface area contributed by atoms with Crippen molar-refractivity contribution in [2.75, 3.05) is 0 Å². The van der Waals surface area contributed by atoms with Crippen LogP contribution >= 0.6 is 11.6 Å². The van der Waals surface area contributed by atoms with Gasteiger partial charge in [0.2, 0.25) is 0 Å². The summed E-state index contributed by atoms with van der Waals surface area (Å²) >= 11 is 5.60. The number of allylic oxidation sites excluding steroid dienone is 2. The molecule has 0 aromatic heterocycles. The van der Waals surface area contributed by atoms with E-state index in [9.17, 15) is 0 Å². The van der Waals surface area contributed by atoms with Crippen LogP contribution in [-0.4, -0.2) is 5.11 Å². The Hall–Kier alpha value is -0.170. The molecule has 0 heterocycles. The largest absolute Gasteiger partial charge is 0.511 e. The van der Waals surface area contributed by atoms with Crippen molar-refractivity contribution in [3.8, 4) is 0 Å². The SMILES string of the molecule is OC1=C(Cl)CCCC1. The lowest BCUT2D eigenvalue weighted by atomic mass is 10.1. The molecule has 0 bridgehead atoms. The molecule has 0 radical (unpaired) electrons. The molecule has 0 unspecified atom stereocenters. The van der Waals surface area contributed by atoms with Crippen molar-refractivity contribution in [2.45, 2.75) is 25.7 Å². The molecule has 0 aliphatic heterocycles. The second-order valence-electron chi connectivity index (χ2n) is 2.06. The predicted octanol–water partition coefficient (Wildman–Crippen LogP) is 2.57. The molecular weight excluding hydrogens is 124 g/mol. The Kier molecular flexibility index (Phi) is 1.79. The van der Waals surface area contributed by atoms with Crippen LogP contribution in [0.1, 0.15) is 25.7 Å². The number of aliphatic hydroxyl groups excluding tert-OH is 1. The van der Waals surface area contributed by atoms with Crippen molar-refractivity contribution in [3.63, 3.8) is 0 Å². The summed E-state index contributed by atoms with van der Waals surface area (Å²) in [6.45, 7) is 0. The van der Waals surface area contributed by atoms with Crippen molar-refractivity contribution in [1.29, 1.82) is 0 Å². The van der Waals surface area contributed by atoms with Crippen molar-refractivity contribution in [2.24, 2.45) is 0 Å². The first-order chi connectivity index (χ1) is 3.80. The van der Waals surface area contributed by atoms with Crippen molar-refractivity contribution >= 4 is 11.6 Å². The third-order valence-electron chi connectivity index (χ3n) is 1.37. The van der Waals surface area contributed by atoms with Gasteiger partial charge in [-0.25, -0.2) is 0 Å². The van der Waals surface area contributed by atoms with E-state index in [0.717, 1.165) is 25.7 Å². The van der Waals surface area contributed by atoms with Gasteiger partial charge >= 0.3 is 0 Å². The van der Waals surface area contributed by atoms with Crippen molar-refractivity contribution < 1.29 is 5.11 Å². The molecule has 1 rings (SSSR count). The standard InChI is InChI=1S/C6H9ClO/c7-5-3-1-2-4-6(5)8/h8H,1-4H2. The molecule has 0 spiro atoms. The van der Waals surface area contributed by atoms with Gasteiger partial charge in [0.05, 0.1) is 5.03 Å². The number of hydrogen-bond donors (Lipinski definition) is 1. The zero-order valence-electron chi connectivity index (χ0n) is 4.65. The van der Waals surface area contributed by atoms with Crippen LogP contribution in [0.3, 0.4) is 0 Å². The van der Waals surface area contributed by atoms with E-state index in [1.165, 1.54) is 0 Å². The van der Waals surface area contributed by atoms with Gasteiger partial charge in [-0.05, 0) is 19.3 Å². The summed E-state index contributed by atoms with van der Waals surface area (Å²) in [5.41, 5.74) is 0. The summed E-state index contributed by atoms with van der Waals surface area (Å²) in [5.74, 6) is 0.401. The molecule has 0 fully saturated rings. The van der Waals surface area contributed by atoms with Crippen molar-refractivity contribution in [3.05, 3.63) is 10.8 Å². The monoisotopic (exact) mass is 132 g/mol. The molecule has 1 aliphatic rings. The van der Waals surface area contributed by atoms with Gasteiger partial charge in [-0.2, -0.15) is 0 Å². The zero-order valence-corrected chi connectivity index (χ0v) is 5.41. The minimum Gasteiger partial charge on any atom is -0.511 e. The number of hydrogen-bond acceptors (Lipinski definition) is 1. The van der Waals surface area contributed by atoms with Crippen LogP contribution in [0.2, 0.25) is 0 Å². The Bertz CT molecular complexity index is 104. The lowest BCUT2D eigenvalue weighted by Gasteiger charge is -2.09. The van der Waals surface area contributed by atoms with E-state index in [2.05, 4.69) is 0 Å². The Morgan fingerprint density at radius 3 is 2.25 bits per heavy atom. The Morgan fingerprint density at radius 1 is 1.25 bits per heavy atom. The third kappa shape index (κ3) is 1.16. The highest BCUT2D eigenvalue weighted by Crippen LogP contribution is 2.24. The van der Waals surface area contributed by atoms with E-state index in [1.54, 1.807) is 0 Å².